The maximum Gasteiger partial charge on any atom is 0.165 e. The van der Waals surface area contributed by atoms with E-state index in [1.54, 1.807) is 18.4 Å². The van der Waals surface area contributed by atoms with E-state index in [1.807, 2.05) is 36.4 Å². The number of methoxy groups -OCH3 is 1. The van der Waals surface area contributed by atoms with Crippen molar-refractivity contribution in [2.24, 2.45) is 0 Å². The van der Waals surface area contributed by atoms with Gasteiger partial charge in [0.25, 0.3) is 0 Å². The fourth-order valence-corrected chi connectivity index (χ4v) is 5.09. The Labute approximate surface area is 198 Å². The molecule has 2 aromatic carbocycles. The van der Waals surface area contributed by atoms with Gasteiger partial charge < -0.3 is 10.5 Å². The van der Waals surface area contributed by atoms with Gasteiger partial charge >= 0.3 is 0 Å². The van der Waals surface area contributed by atoms with Crippen LogP contribution < -0.4 is 10.5 Å². The summed E-state index contributed by atoms with van der Waals surface area (Å²) < 4.78 is 6.63. The first kappa shape index (κ1) is 20.6. The molecule has 5 aromatic rings. The number of aromatic nitrogens is 3. The van der Waals surface area contributed by atoms with Crippen molar-refractivity contribution in [3.05, 3.63) is 88.0 Å². The first-order chi connectivity index (χ1) is 15.7. The SMILES string of the molecule is COc1ccccc1Cc1c(-c2cccs2)nc2ncnc(N)c2c1-c1cccc(Br)c1. The smallest absolute Gasteiger partial charge is 0.165 e. The van der Waals surface area contributed by atoms with Crippen molar-refractivity contribution in [3.8, 4) is 27.4 Å². The van der Waals surface area contributed by atoms with Crippen LogP contribution in [0, 0.1) is 0 Å². The lowest BCUT2D eigenvalue weighted by molar-refractivity contribution is 0.410. The van der Waals surface area contributed by atoms with Gasteiger partial charge in [-0.1, -0.05) is 52.3 Å². The van der Waals surface area contributed by atoms with Gasteiger partial charge in [-0.3, -0.25) is 0 Å². The van der Waals surface area contributed by atoms with Crippen LogP contribution in [0.2, 0.25) is 0 Å². The maximum atomic E-state index is 6.39. The molecular formula is C25H19BrN4OS. The molecule has 7 heteroatoms. The summed E-state index contributed by atoms with van der Waals surface area (Å²) in [7, 11) is 1.69. The van der Waals surface area contributed by atoms with E-state index in [-0.39, 0.29) is 0 Å². The van der Waals surface area contributed by atoms with Gasteiger partial charge in [-0.05, 0) is 46.3 Å². The number of benzene rings is 2. The maximum absolute atomic E-state index is 6.39. The van der Waals surface area contributed by atoms with E-state index < -0.39 is 0 Å². The standard InChI is InChI=1S/C25H19BrN4OS/c1-31-19-9-3-2-6-15(19)13-18-21(16-7-4-8-17(26)12-16)22-24(27)28-14-29-25(22)30-23(18)20-10-5-11-32-20/h2-12,14H,13H2,1H3,(H2,27,28,29,30). The first-order valence-electron chi connectivity index (χ1n) is 10.0. The number of fused-ring (bicyclic) bond motifs is 1. The Bertz CT molecular complexity index is 1420. The monoisotopic (exact) mass is 502 g/mol. The van der Waals surface area contributed by atoms with Gasteiger partial charge in [0.1, 0.15) is 17.9 Å². The normalized spacial score (nSPS) is 11.1. The van der Waals surface area contributed by atoms with E-state index in [9.17, 15) is 0 Å². The number of anilines is 1. The van der Waals surface area contributed by atoms with Gasteiger partial charge in [0.05, 0.1) is 23.1 Å². The number of hydrogen-bond donors (Lipinski definition) is 1. The summed E-state index contributed by atoms with van der Waals surface area (Å²) in [6, 6.07) is 20.4. The molecule has 0 saturated carbocycles. The summed E-state index contributed by atoms with van der Waals surface area (Å²) in [5, 5.41) is 2.82. The minimum atomic E-state index is 0.413. The average molecular weight is 503 g/mol. The summed E-state index contributed by atoms with van der Waals surface area (Å²) in [5.74, 6) is 1.25. The number of para-hydroxylation sites is 1. The molecule has 5 rings (SSSR count). The largest absolute Gasteiger partial charge is 0.496 e. The molecule has 0 amide bonds. The van der Waals surface area contributed by atoms with Crippen LogP contribution >= 0.6 is 27.3 Å². The van der Waals surface area contributed by atoms with Crippen LogP contribution in [0.1, 0.15) is 11.1 Å². The Morgan fingerprint density at radius 1 is 1.03 bits per heavy atom. The van der Waals surface area contributed by atoms with E-state index in [1.165, 1.54) is 6.33 Å². The summed E-state index contributed by atoms with van der Waals surface area (Å²) in [6.07, 6.45) is 2.09. The molecule has 0 aliphatic heterocycles. The van der Waals surface area contributed by atoms with Crippen molar-refractivity contribution in [3.63, 3.8) is 0 Å². The molecule has 0 radical (unpaired) electrons. The fraction of sp³-hybridized carbons (Fsp3) is 0.0800. The van der Waals surface area contributed by atoms with E-state index >= 15 is 0 Å². The van der Waals surface area contributed by atoms with Crippen LogP contribution in [0.25, 0.3) is 32.7 Å². The van der Waals surface area contributed by atoms with Crippen molar-refractivity contribution >= 4 is 44.1 Å². The zero-order chi connectivity index (χ0) is 22.1. The number of hydrogen-bond acceptors (Lipinski definition) is 6. The topological polar surface area (TPSA) is 73.9 Å². The third-order valence-electron chi connectivity index (χ3n) is 5.34. The van der Waals surface area contributed by atoms with Gasteiger partial charge in [0, 0.05) is 16.5 Å². The van der Waals surface area contributed by atoms with Crippen LogP contribution in [0.15, 0.2) is 76.8 Å². The molecular weight excluding hydrogens is 484 g/mol. The van der Waals surface area contributed by atoms with Gasteiger partial charge in [-0.25, -0.2) is 15.0 Å². The number of ether oxygens (including phenoxy) is 1. The Morgan fingerprint density at radius 2 is 1.91 bits per heavy atom. The molecule has 0 fully saturated rings. The fourth-order valence-electron chi connectivity index (χ4n) is 3.95. The van der Waals surface area contributed by atoms with Crippen LogP contribution in [-0.4, -0.2) is 22.1 Å². The summed E-state index contributed by atoms with van der Waals surface area (Å²) in [5.41, 5.74) is 12.0. The molecule has 0 bridgehead atoms. The molecule has 3 aromatic heterocycles. The highest BCUT2D eigenvalue weighted by Gasteiger charge is 2.22. The van der Waals surface area contributed by atoms with Gasteiger partial charge in [0.2, 0.25) is 0 Å². The Kier molecular flexibility index (Phi) is 5.59. The number of halogens is 1. The van der Waals surface area contributed by atoms with E-state index in [0.717, 1.165) is 48.4 Å². The highest BCUT2D eigenvalue weighted by molar-refractivity contribution is 9.10. The Morgan fingerprint density at radius 3 is 2.69 bits per heavy atom. The third-order valence-corrected chi connectivity index (χ3v) is 6.71. The molecule has 32 heavy (non-hydrogen) atoms. The number of pyridine rings is 1. The highest BCUT2D eigenvalue weighted by atomic mass is 79.9. The van der Waals surface area contributed by atoms with Crippen LogP contribution in [0.5, 0.6) is 5.75 Å². The van der Waals surface area contributed by atoms with Gasteiger partial charge in [-0.2, -0.15) is 0 Å². The zero-order valence-corrected chi connectivity index (χ0v) is 19.7. The molecule has 0 saturated heterocycles. The molecule has 0 unspecified atom stereocenters. The van der Waals surface area contributed by atoms with E-state index in [0.29, 0.717) is 17.9 Å². The lowest BCUT2D eigenvalue weighted by Crippen LogP contribution is -2.05. The predicted molar refractivity (Wildman–Crippen MR) is 134 cm³/mol. The quantitative estimate of drug-likeness (QED) is 0.302. The second-order valence-electron chi connectivity index (χ2n) is 7.25. The van der Waals surface area contributed by atoms with Crippen molar-refractivity contribution < 1.29 is 4.74 Å². The van der Waals surface area contributed by atoms with Crippen molar-refractivity contribution in [2.75, 3.05) is 12.8 Å². The molecule has 3 heterocycles. The number of thiophene rings is 1. The minimum absolute atomic E-state index is 0.413. The third kappa shape index (κ3) is 3.74. The van der Waals surface area contributed by atoms with Crippen molar-refractivity contribution in [1.29, 1.82) is 0 Å². The van der Waals surface area contributed by atoms with Gasteiger partial charge in [0.15, 0.2) is 5.65 Å². The first-order valence-corrected chi connectivity index (χ1v) is 11.7. The zero-order valence-electron chi connectivity index (χ0n) is 17.2. The molecule has 5 nitrogen and oxygen atoms in total. The Hall–Kier alpha value is -3.29. The van der Waals surface area contributed by atoms with Crippen LogP contribution in [-0.2, 0) is 6.42 Å². The van der Waals surface area contributed by atoms with E-state index in [4.69, 9.17) is 15.5 Å². The van der Waals surface area contributed by atoms with Crippen molar-refractivity contribution in [2.45, 2.75) is 6.42 Å². The lowest BCUT2D eigenvalue weighted by Gasteiger charge is -2.19. The van der Waals surface area contributed by atoms with Gasteiger partial charge in [-0.15, -0.1) is 11.3 Å². The minimum Gasteiger partial charge on any atom is -0.496 e. The average Bonchev–Trinajstić information content (AvgIpc) is 3.34. The molecule has 158 valence electrons. The molecule has 0 aliphatic rings. The molecule has 2 N–H and O–H groups in total. The predicted octanol–water partition coefficient (Wildman–Crippen LogP) is 6.36. The molecule has 0 spiro atoms. The second kappa shape index (κ2) is 8.68. The number of nitrogens with two attached hydrogens (primary N) is 1. The van der Waals surface area contributed by atoms with Crippen molar-refractivity contribution in [1.82, 2.24) is 15.0 Å². The highest BCUT2D eigenvalue weighted by Crippen LogP contribution is 2.41. The van der Waals surface area contributed by atoms with E-state index in [2.05, 4.69) is 55.5 Å². The second-order valence-corrected chi connectivity index (χ2v) is 9.11. The number of nitrogens with zero attached hydrogens (tertiary/aromatic N) is 3. The lowest BCUT2D eigenvalue weighted by atomic mass is 9.90. The Balaban J connectivity index is 1.90. The number of rotatable bonds is 5. The molecule has 0 atom stereocenters. The number of nitrogen functional groups attached to an aromatic ring is 1. The van der Waals surface area contributed by atoms with Crippen LogP contribution in [0.3, 0.4) is 0 Å². The summed E-state index contributed by atoms with van der Waals surface area (Å²) in [6.45, 7) is 0. The summed E-state index contributed by atoms with van der Waals surface area (Å²) in [4.78, 5) is 14.8. The summed E-state index contributed by atoms with van der Waals surface area (Å²) >= 11 is 5.27. The molecule has 0 aliphatic carbocycles. The van der Waals surface area contributed by atoms with Crippen LogP contribution in [0.4, 0.5) is 5.82 Å².